The molecule has 1 aliphatic rings. The van der Waals surface area contributed by atoms with Crippen molar-refractivity contribution in [2.45, 2.75) is 31.4 Å². The second kappa shape index (κ2) is 5.09. The lowest BCUT2D eigenvalue weighted by atomic mass is 10.2. The highest BCUT2D eigenvalue weighted by atomic mass is 16.6. The fourth-order valence-electron chi connectivity index (χ4n) is 2.60. The van der Waals surface area contributed by atoms with Crippen LogP contribution in [0.2, 0.25) is 0 Å². The standard InChI is InChI=1S/C13H15N3O4/c1-19-9-6-5-8(7-9)14-13-15-12-10(16(17)18)3-2-4-11(12)20-13/h2-4,8-9H,5-7H2,1H3,(H,14,15). The smallest absolute Gasteiger partial charge is 0.298 e. The number of nitro groups is 1. The van der Waals surface area contributed by atoms with Gasteiger partial charge >= 0.3 is 0 Å². The molecule has 3 rings (SSSR count). The lowest BCUT2D eigenvalue weighted by Gasteiger charge is -2.10. The summed E-state index contributed by atoms with van der Waals surface area (Å²) in [5.74, 6) is 0. The molecule has 2 aromatic rings. The molecule has 1 aromatic carbocycles. The number of non-ortho nitro benzene ring substituents is 1. The Balaban J connectivity index is 1.83. The minimum atomic E-state index is -0.453. The zero-order chi connectivity index (χ0) is 14.1. The molecule has 0 amide bonds. The zero-order valence-electron chi connectivity index (χ0n) is 11.0. The van der Waals surface area contributed by atoms with Crippen LogP contribution >= 0.6 is 0 Å². The van der Waals surface area contributed by atoms with E-state index in [2.05, 4.69) is 10.3 Å². The number of anilines is 1. The summed E-state index contributed by atoms with van der Waals surface area (Å²) in [5.41, 5.74) is 0.657. The minimum absolute atomic E-state index is 0.0412. The maximum atomic E-state index is 10.9. The molecule has 1 saturated carbocycles. The number of ether oxygens (including phenoxy) is 1. The summed E-state index contributed by atoms with van der Waals surface area (Å²) >= 11 is 0. The van der Waals surface area contributed by atoms with Crippen LogP contribution in [0.5, 0.6) is 0 Å². The number of nitrogens with zero attached hydrogens (tertiary/aromatic N) is 2. The van der Waals surface area contributed by atoms with E-state index in [4.69, 9.17) is 9.15 Å². The SMILES string of the molecule is COC1CCC(Nc2nc3c([N+](=O)[O-])cccc3o2)C1. The predicted octanol–water partition coefficient (Wildman–Crippen LogP) is 2.72. The van der Waals surface area contributed by atoms with Gasteiger partial charge in [-0.25, -0.2) is 0 Å². The number of methoxy groups -OCH3 is 1. The van der Waals surface area contributed by atoms with Gasteiger partial charge in [0.1, 0.15) is 0 Å². The number of fused-ring (bicyclic) bond motifs is 1. The summed E-state index contributed by atoms with van der Waals surface area (Å²) in [6, 6.07) is 5.24. The average Bonchev–Trinajstić information content (AvgIpc) is 3.03. The van der Waals surface area contributed by atoms with Crippen molar-refractivity contribution in [1.82, 2.24) is 4.98 Å². The maximum Gasteiger partial charge on any atom is 0.298 e. The van der Waals surface area contributed by atoms with E-state index >= 15 is 0 Å². The van der Waals surface area contributed by atoms with E-state index < -0.39 is 4.92 Å². The summed E-state index contributed by atoms with van der Waals surface area (Å²) < 4.78 is 10.8. The van der Waals surface area contributed by atoms with Crippen molar-refractivity contribution in [2.75, 3.05) is 12.4 Å². The van der Waals surface area contributed by atoms with Crippen LogP contribution in [0.3, 0.4) is 0 Å². The quantitative estimate of drug-likeness (QED) is 0.682. The summed E-state index contributed by atoms with van der Waals surface area (Å²) in [5, 5.41) is 14.1. The van der Waals surface area contributed by atoms with E-state index in [1.54, 1.807) is 19.2 Å². The summed E-state index contributed by atoms with van der Waals surface area (Å²) in [6.45, 7) is 0. The van der Waals surface area contributed by atoms with Gasteiger partial charge in [-0.15, -0.1) is 0 Å². The van der Waals surface area contributed by atoms with Crippen LogP contribution in [0.15, 0.2) is 22.6 Å². The van der Waals surface area contributed by atoms with Gasteiger partial charge in [-0.1, -0.05) is 6.07 Å². The molecule has 7 nitrogen and oxygen atoms in total. The fourth-order valence-corrected chi connectivity index (χ4v) is 2.60. The number of para-hydroxylation sites is 1. The normalized spacial score (nSPS) is 22.2. The van der Waals surface area contributed by atoms with Crippen molar-refractivity contribution in [1.29, 1.82) is 0 Å². The third-order valence-corrected chi connectivity index (χ3v) is 3.64. The monoisotopic (exact) mass is 277 g/mol. The van der Waals surface area contributed by atoms with Gasteiger partial charge in [0.05, 0.1) is 11.0 Å². The number of hydrogen-bond donors (Lipinski definition) is 1. The number of nitro benzene ring substituents is 1. The Morgan fingerprint density at radius 2 is 2.35 bits per heavy atom. The molecule has 7 heteroatoms. The molecule has 0 saturated heterocycles. The molecule has 1 heterocycles. The molecule has 1 fully saturated rings. The van der Waals surface area contributed by atoms with Gasteiger partial charge in [-0.2, -0.15) is 4.98 Å². The molecule has 1 N–H and O–H groups in total. The van der Waals surface area contributed by atoms with Crippen LogP contribution in [-0.2, 0) is 4.74 Å². The lowest BCUT2D eigenvalue weighted by molar-refractivity contribution is -0.383. The van der Waals surface area contributed by atoms with Crippen LogP contribution in [-0.4, -0.2) is 29.2 Å². The molecule has 2 atom stereocenters. The first kappa shape index (κ1) is 12.9. The van der Waals surface area contributed by atoms with Gasteiger partial charge in [-0.05, 0) is 25.3 Å². The number of rotatable bonds is 4. The number of nitrogens with one attached hydrogen (secondary N) is 1. The van der Waals surface area contributed by atoms with Gasteiger partial charge in [-0.3, -0.25) is 10.1 Å². The Morgan fingerprint density at radius 3 is 3.05 bits per heavy atom. The third-order valence-electron chi connectivity index (χ3n) is 3.64. The number of hydrogen-bond acceptors (Lipinski definition) is 6. The van der Waals surface area contributed by atoms with Crippen molar-refractivity contribution in [3.63, 3.8) is 0 Å². The highest BCUT2D eigenvalue weighted by Crippen LogP contribution is 2.29. The van der Waals surface area contributed by atoms with Crippen LogP contribution in [0, 0.1) is 10.1 Å². The molecule has 2 unspecified atom stereocenters. The predicted molar refractivity (Wildman–Crippen MR) is 72.7 cm³/mol. The van der Waals surface area contributed by atoms with Gasteiger partial charge in [0.2, 0.25) is 0 Å². The average molecular weight is 277 g/mol. The van der Waals surface area contributed by atoms with E-state index in [1.807, 2.05) is 0 Å². The Kier molecular flexibility index (Phi) is 3.27. The van der Waals surface area contributed by atoms with Crippen LogP contribution in [0.25, 0.3) is 11.1 Å². The van der Waals surface area contributed by atoms with E-state index in [-0.39, 0.29) is 23.3 Å². The fraction of sp³-hybridized carbons (Fsp3) is 0.462. The van der Waals surface area contributed by atoms with Crippen molar-refractivity contribution in [3.05, 3.63) is 28.3 Å². The van der Waals surface area contributed by atoms with E-state index in [1.165, 1.54) is 6.07 Å². The van der Waals surface area contributed by atoms with Crippen LogP contribution < -0.4 is 5.32 Å². The van der Waals surface area contributed by atoms with Gasteiger partial charge < -0.3 is 14.5 Å². The van der Waals surface area contributed by atoms with Crippen LogP contribution in [0.1, 0.15) is 19.3 Å². The van der Waals surface area contributed by atoms with Crippen molar-refractivity contribution in [3.8, 4) is 0 Å². The molecular weight excluding hydrogens is 262 g/mol. The van der Waals surface area contributed by atoms with Gasteiger partial charge in [0, 0.05) is 19.2 Å². The summed E-state index contributed by atoms with van der Waals surface area (Å²) in [6.07, 6.45) is 3.11. The Bertz CT molecular complexity index is 640. The van der Waals surface area contributed by atoms with E-state index in [0.717, 1.165) is 19.3 Å². The van der Waals surface area contributed by atoms with Gasteiger partial charge in [0.25, 0.3) is 11.7 Å². The third kappa shape index (κ3) is 2.32. The first-order chi connectivity index (χ1) is 9.67. The van der Waals surface area contributed by atoms with Crippen molar-refractivity contribution < 1.29 is 14.1 Å². The Morgan fingerprint density at radius 1 is 1.50 bits per heavy atom. The van der Waals surface area contributed by atoms with Gasteiger partial charge in [0.15, 0.2) is 11.1 Å². The second-order valence-corrected chi connectivity index (χ2v) is 4.91. The van der Waals surface area contributed by atoms with Crippen molar-refractivity contribution in [2.24, 2.45) is 0 Å². The zero-order valence-corrected chi connectivity index (χ0v) is 11.0. The summed E-state index contributed by atoms with van der Waals surface area (Å²) in [7, 11) is 1.70. The Hall–Kier alpha value is -2.15. The molecule has 0 aliphatic heterocycles. The molecule has 20 heavy (non-hydrogen) atoms. The highest BCUT2D eigenvalue weighted by Gasteiger charge is 2.26. The molecule has 0 radical (unpaired) electrons. The van der Waals surface area contributed by atoms with E-state index in [0.29, 0.717) is 11.6 Å². The second-order valence-electron chi connectivity index (χ2n) is 4.91. The highest BCUT2D eigenvalue weighted by molar-refractivity contribution is 5.84. The molecule has 1 aliphatic carbocycles. The topological polar surface area (TPSA) is 90.4 Å². The first-order valence-corrected chi connectivity index (χ1v) is 6.50. The number of benzene rings is 1. The lowest BCUT2D eigenvalue weighted by Crippen LogP contribution is -2.17. The molecule has 106 valence electrons. The van der Waals surface area contributed by atoms with Crippen LogP contribution in [0.4, 0.5) is 11.7 Å². The largest absolute Gasteiger partial charge is 0.423 e. The molecule has 0 spiro atoms. The van der Waals surface area contributed by atoms with E-state index in [9.17, 15) is 10.1 Å². The van der Waals surface area contributed by atoms with Crippen molar-refractivity contribution >= 4 is 22.8 Å². The molecule has 0 bridgehead atoms. The molecule has 1 aromatic heterocycles. The maximum absolute atomic E-state index is 10.9. The first-order valence-electron chi connectivity index (χ1n) is 6.50. The number of aromatic nitrogens is 1. The number of oxazole rings is 1. The summed E-state index contributed by atoms with van der Waals surface area (Å²) in [4.78, 5) is 14.7. The molecular formula is C13H15N3O4. The Labute approximate surface area is 115 Å². The minimum Gasteiger partial charge on any atom is -0.423 e.